The van der Waals surface area contributed by atoms with Gasteiger partial charge in [0.1, 0.15) is 12.4 Å². The van der Waals surface area contributed by atoms with E-state index >= 15 is 0 Å². The molecule has 248 valence electrons. The van der Waals surface area contributed by atoms with Gasteiger partial charge in [-0.1, -0.05) is 90.2 Å². The van der Waals surface area contributed by atoms with Gasteiger partial charge in [0.15, 0.2) is 16.3 Å². The van der Waals surface area contributed by atoms with Gasteiger partial charge in [0, 0.05) is 5.56 Å². The van der Waals surface area contributed by atoms with Crippen molar-refractivity contribution in [3.63, 3.8) is 0 Å². The maximum atomic E-state index is 14.4. The highest BCUT2D eigenvalue weighted by molar-refractivity contribution is 7.07. The maximum absolute atomic E-state index is 14.4. The zero-order valence-electron chi connectivity index (χ0n) is 27.6. The molecule has 8 nitrogen and oxygen atoms in total. The predicted molar refractivity (Wildman–Crippen MR) is 192 cm³/mol. The van der Waals surface area contributed by atoms with Crippen LogP contribution in [0.1, 0.15) is 40.8 Å². The van der Waals surface area contributed by atoms with E-state index in [1.165, 1.54) is 11.3 Å². The summed E-state index contributed by atoms with van der Waals surface area (Å²) in [5, 5.41) is 0. The van der Waals surface area contributed by atoms with Crippen LogP contribution in [0.15, 0.2) is 125 Å². The molecular weight excluding hydrogens is 637 g/mol. The summed E-state index contributed by atoms with van der Waals surface area (Å²) in [6, 6.07) is 29.8. The van der Waals surface area contributed by atoms with Crippen LogP contribution in [0.25, 0.3) is 11.8 Å². The van der Waals surface area contributed by atoms with Crippen LogP contribution in [0.4, 0.5) is 0 Å². The molecule has 0 N–H and O–H groups in total. The van der Waals surface area contributed by atoms with Gasteiger partial charge in [-0.05, 0) is 65.9 Å². The molecule has 49 heavy (non-hydrogen) atoms. The standard InChI is InChI=1S/C40H36N2O6S/c1-5-13-29-22-27(18-20-31(29)48-25-26-14-9-7-10-15-26)23-34-38(43)42-37(30-19-21-32(45-3)33(24-30)46-4)35(39(44)47-6-2)36(41-40(42)49-34)28-16-11-8-12-17-28/h5,7-12,14-24,37H,1,6,13,25H2,2-4H3/b34-23+/t37-/m1/s1. The predicted octanol–water partition coefficient (Wildman–Crippen LogP) is 6.26. The first kappa shape index (κ1) is 33.2. The molecular formula is C40H36N2O6S. The number of thiazole rings is 1. The van der Waals surface area contributed by atoms with Gasteiger partial charge >= 0.3 is 5.97 Å². The lowest BCUT2D eigenvalue weighted by Crippen LogP contribution is -2.40. The highest BCUT2D eigenvalue weighted by Gasteiger charge is 2.35. The molecule has 1 aromatic heterocycles. The Hall–Kier alpha value is -5.67. The van der Waals surface area contributed by atoms with Crippen LogP contribution in [-0.2, 0) is 22.6 Å². The normalized spacial score (nSPS) is 14.1. The van der Waals surface area contributed by atoms with Crippen molar-refractivity contribution < 1.29 is 23.7 Å². The average molecular weight is 673 g/mol. The third kappa shape index (κ3) is 6.98. The molecule has 5 aromatic rings. The van der Waals surface area contributed by atoms with Crippen molar-refractivity contribution in [1.29, 1.82) is 0 Å². The third-order valence-electron chi connectivity index (χ3n) is 8.08. The molecule has 0 saturated carbocycles. The van der Waals surface area contributed by atoms with Gasteiger partial charge in [0.25, 0.3) is 5.56 Å². The second-order valence-electron chi connectivity index (χ2n) is 11.2. The number of allylic oxidation sites excluding steroid dienone is 1. The van der Waals surface area contributed by atoms with E-state index in [1.54, 1.807) is 37.8 Å². The molecule has 0 fully saturated rings. The minimum Gasteiger partial charge on any atom is -0.493 e. The largest absolute Gasteiger partial charge is 0.493 e. The van der Waals surface area contributed by atoms with Crippen LogP contribution in [0.3, 0.4) is 0 Å². The smallest absolute Gasteiger partial charge is 0.338 e. The van der Waals surface area contributed by atoms with E-state index in [0.29, 0.717) is 45.1 Å². The SMILES string of the molecule is C=CCc1cc(/C=c2/sc3n(c2=O)[C@H](c2ccc(OC)c(OC)c2)C(C(=O)OCC)=C(c2ccccc2)N=3)ccc1OCc1ccccc1. The summed E-state index contributed by atoms with van der Waals surface area (Å²) in [6.45, 7) is 6.27. The van der Waals surface area contributed by atoms with Crippen molar-refractivity contribution in [3.05, 3.63) is 163 Å². The molecule has 1 aliphatic rings. The van der Waals surface area contributed by atoms with E-state index in [4.69, 9.17) is 23.9 Å². The lowest BCUT2D eigenvalue weighted by Gasteiger charge is -2.26. The monoisotopic (exact) mass is 672 g/mol. The number of fused-ring (bicyclic) bond motifs is 1. The Bertz CT molecular complexity index is 2200. The summed E-state index contributed by atoms with van der Waals surface area (Å²) in [4.78, 5) is 33.6. The number of hydrogen-bond donors (Lipinski definition) is 0. The summed E-state index contributed by atoms with van der Waals surface area (Å²) in [6.07, 6.45) is 4.27. The molecule has 0 radical (unpaired) electrons. The zero-order valence-corrected chi connectivity index (χ0v) is 28.4. The van der Waals surface area contributed by atoms with Crippen LogP contribution < -0.4 is 29.1 Å². The van der Waals surface area contributed by atoms with Crippen LogP contribution in [-0.4, -0.2) is 31.4 Å². The molecule has 4 aromatic carbocycles. The van der Waals surface area contributed by atoms with Crippen molar-refractivity contribution in [1.82, 2.24) is 4.57 Å². The van der Waals surface area contributed by atoms with Crippen molar-refractivity contribution in [3.8, 4) is 17.2 Å². The first-order chi connectivity index (χ1) is 23.9. The lowest BCUT2D eigenvalue weighted by atomic mass is 9.93. The Morgan fingerprint density at radius 2 is 1.63 bits per heavy atom. The van der Waals surface area contributed by atoms with E-state index < -0.39 is 12.0 Å². The molecule has 2 heterocycles. The van der Waals surface area contributed by atoms with Crippen molar-refractivity contribution in [2.45, 2.75) is 26.0 Å². The number of nitrogens with zero attached hydrogens (tertiary/aromatic N) is 2. The number of ether oxygens (including phenoxy) is 4. The number of carbonyl (C=O) groups is 1. The topological polar surface area (TPSA) is 88.4 Å². The summed E-state index contributed by atoms with van der Waals surface area (Å²) >= 11 is 1.26. The molecule has 1 atom stereocenters. The van der Waals surface area contributed by atoms with Crippen molar-refractivity contribution in [2.24, 2.45) is 4.99 Å². The van der Waals surface area contributed by atoms with Gasteiger partial charge in [0.2, 0.25) is 0 Å². The Labute approximate surface area is 288 Å². The van der Waals surface area contributed by atoms with E-state index in [1.807, 2.05) is 97.1 Å². The second kappa shape index (κ2) is 15.0. The molecule has 1 aliphatic heterocycles. The molecule has 0 saturated heterocycles. The summed E-state index contributed by atoms with van der Waals surface area (Å²) in [5.41, 5.74) is 4.63. The van der Waals surface area contributed by atoms with Crippen LogP contribution in [0.5, 0.6) is 17.2 Å². The van der Waals surface area contributed by atoms with Gasteiger partial charge in [-0.2, -0.15) is 0 Å². The summed E-state index contributed by atoms with van der Waals surface area (Å²) in [7, 11) is 3.10. The number of rotatable bonds is 12. The molecule has 0 amide bonds. The number of methoxy groups -OCH3 is 2. The second-order valence-corrected chi connectivity index (χ2v) is 12.2. The number of aromatic nitrogens is 1. The Kier molecular flexibility index (Phi) is 10.2. The highest BCUT2D eigenvalue weighted by Crippen LogP contribution is 2.38. The zero-order chi connectivity index (χ0) is 34.3. The van der Waals surface area contributed by atoms with Gasteiger partial charge in [-0.25, -0.2) is 9.79 Å². The molecule has 6 rings (SSSR count). The minimum absolute atomic E-state index is 0.158. The Balaban J connectivity index is 1.52. The minimum atomic E-state index is -0.849. The van der Waals surface area contributed by atoms with Gasteiger partial charge in [-0.15, -0.1) is 6.58 Å². The third-order valence-corrected chi connectivity index (χ3v) is 9.06. The van der Waals surface area contributed by atoms with E-state index in [9.17, 15) is 9.59 Å². The quantitative estimate of drug-likeness (QED) is 0.115. The molecule has 0 spiro atoms. The fourth-order valence-corrected chi connectivity index (χ4v) is 6.81. The van der Waals surface area contributed by atoms with Crippen LogP contribution in [0.2, 0.25) is 0 Å². The maximum Gasteiger partial charge on any atom is 0.338 e. The Morgan fingerprint density at radius 1 is 0.918 bits per heavy atom. The number of esters is 1. The van der Waals surface area contributed by atoms with E-state index in [2.05, 4.69) is 6.58 Å². The molecule has 9 heteroatoms. The summed E-state index contributed by atoms with van der Waals surface area (Å²) < 4.78 is 24.9. The fourth-order valence-electron chi connectivity index (χ4n) is 5.81. The molecule has 0 aliphatic carbocycles. The van der Waals surface area contributed by atoms with Crippen molar-refractivity contribution in [2.75, 3.05) is 20.8 Å². The van der Waals surface area contributed by atoms with Crippen molar-refractivity contribution >= 4 is 29.1 Å². The number of hydrogen-bond acceptors (Lipinski definition) is 8. The first-order valence-electron chi connectivity index (χ1n) is 15.9. The lowest BCUT2D eigenvalue weighted by molar-refractivity contribution is -0.138. The number of benzene rings is 4. The van der Waals surface area contributed by atoms with Crippen LogP contribution in [0, 0.1) is 0 Å². The van der Waals surface area contributed by atoms with E-state index in [0.717, 1.165) is 28.0 Å². The summed E-state index contributed by atoms with van der Waals surface area (Å²) in [5.74, 6) is 1.18. The van der Waals surface area contributed by atoms with Crippen LogP contribution >= 0.6 is 11.3 Å². The van der Waals surface area contributed by atoms with Gasteiger partial charge < -0.3 is 18.9 Å². The Morgan fingerprint density at radius 3 is 2.33 bits per heavy atom. The first-order valence-corrected chi connectivity index (χ1v) is 16.7. The average Bonchev–Trinajstić information content (AvgIpc) is 3.45. The van der Waals surface area contributed by atoms with Gasteiger partial charge in [-0.3, -0.25) is 9.36 Å². The number of carbonyl (C=O) groups excluding carboxylic acids is 1. The fraction of sp³-hybridized carbons (Fsp3) is 0.175. The highest BCUT2D eigenvalue weighted by atomic mass is 32.1. The molecule has 0 bridgehead atoms. The van der Waals surface area contributed by atoms with E-state index in [-0.39, 0.29) is 17.7 Å². The van der Waals surface area contributed by atoms with Gasteiger partial charge in [0.05, 0.1) is 42.7 Å². The molecule has 0 unspecified atom stereocenters.